The van der Waals surface area contributed by atoms with Gasteiger partial charge in [-0.05, 0) is 75.7 Å². The minimum absolute atomic E-state index is 0.906. The standard InChI is InChI=1S/C40H25NO/c1-2-11-30(12-3-1)41-35-16-5-4-13-33(35)40-31(14-8-17-36(40)41)27-21-19-26(20-22-27)29-23-24-37-34(25-29)32-15-6-9-28-10-7-18-38(42-37)39(28)32/h1-25H. The van der Waals surface area contributed by atoms with Crippen LogP contribution in [0.15, 0.2) is 152 Å². The molecule has 2 nitrogen and oxygen atoms in total. The lowest BCUT2D eigenvalue weighted by Gasteiger charge is -2.22. The Bertz CT molecular complexity index is 2300. The van der Waals surface area contributed by atoms with E-state index in [9.17, 15) is 0 Å². The van der Waals surface area contributed by atoms with E-state index in [1.54, 1.807) is 0 Å². The molecule has 0 fully saturated rings. The summed E-state index contributed by atoms with van der Waals surface area (Å²) in [5.74, 6) is 1.83. The third-order valence-corrected chi connectivity index (χ3v) is 8.60. The number of ether oxygens (including phenoxy) is 1. The number of nitrogens with zero attached hydrogens (tertiary/aromatic N) is 1. The van der Waals surface area contributed by atoms with E-state index >= 15 is 0 Å². The molecule has 8 aromatic rings. The molecule has 2 heterocycles. The van der Waals surface area contributed by atoms with Crippen LogP contribution in [0, 0.1) is 0 Å². The van der Waals surface area contributed by atoms with E-state index in [4.69, 9.17) is 4.74 Å². The van der Waals surface area contributed by atoms with Gasteiger partial charge in [0.15, 0.2) is 0 Å². The number of aromatic nitrogens is 1. The molecule has 42 heavy (non-hydrogen) atoms. The monoisotopic (exact) mass is 535 g/mol. The Morgan fingerprint density at radius 1 is 0.405 bits per heavy atom. The summed E-state index contributed by atoms with van der Waals surface area (Å²) >= 11 is 0. The van der Waals surface area contributed by atoms with Crippen LogP contribution in [0.3, 0.4) is 0 Å². The van der Waals surface area contributed by atoms with Gasteiger partial charge in [-0.2, -0.15) is 0 Å². The first-order valence-electron chi connectivity index (χ1n) is 14.4. The highest BCUT2D eigenvalue weighted by atomic mass is 16.5. The molecule has 0 atom stereocenters. The fraction of sp³-hybridized carbons (Fsp3) is 0. The van der Waals surface area contributed by atoms with Crippen molar-refractivity contribution in [2.24, 2.45) is 0 Å². The van der Waals surface area contributed by atoms with Crippen molar-refractivity contribution < 1.29 is 4.74 Å². The first-order valence-corrected chi connectivity index (χ1v) is 14.4. The molecule has 9 rings (SSSR count). The van der Waals surface area contributed by atoms with Gasteiger partial charge in [0.2, 0.25) is 0 Å². The van der Waals surface area contributed by atoms with E-state index in [0.717, 1.165) is 17.1 Å². The normalized spacial score (nSPS) is 12.0. The molecule has 0 N–H and O–H groups in total. The number of fused-ring (bicyclic) bond motifs is 5. The Balaban J connectivity index is 1.16. The summed E-state index contributed by atoms with van der Waals surface area (Å²) in [4.78, 5) is 0. The third kappa shape index (κ3) is 3.39. The number of hydrogen-bond acceptors (Lipinski definition) is 1. The Kier molecular flexibility index (Phi) is 4.93. The number of para-hydroxylation sites is 2. The summed E-state index contributed by atoms with van der Waals surface area (Å²) < 4.78 is 8.70. The van der Waals surface area contributed by atoms with Crippen LogP contribution in [-0.2, 0) is 0 Å². The maximum absolute atomic E-state index is 6.33. The Hall–Kier alpha value is -5.60. The van der Waals surface area contributed by atoms with Gasteiger partial charge in [-0.25, -0.2) is 0 Å². The van der Waals surface area contributed by atoms with Crippen molar-refractivity contribution in [1.82, 2.24) is 4.57 Å². The van der Waals surface area contributed by atoms with Gasteiger partial charge >= 0.3 is 0 Å². The van der Waals surface area contributed by atoms with Gasteiger partial charge in [0.1, 0.15) is 11.5 Å². The van der Waals surface area contributed by atoms with Crippen LogP contribution in [0.1, 0.15) is 0 Å². The lowest BCUT2D eigenvalue weighted by atomic mass is 9.91. The van der Waals surface area contributed by atoms with Crippen LogP contribution >= 0.6 is 0 Å². The predicted molar refractivity (Wildman–Crippen MR) is 175 cm³/mol. The van der Waals surface area contributed by atoms with Crippen molar-refractivity contribution in [3.8, 4) is 50.6 Å². The molecule has 0 amide bonds. The molecule has 1 aliphatic heterocycles. The molecular weight excluding hydrogens is 510 g/mol. The second-order valence-corrected chi connectivity index (χ2v) is 10.9. The molecule has 196 valence electrons. The number of hydrogen-bond donors (Lipinski definition) is 0. The van der Waals surface area contributed by atoms with Gasteiger partial charge in [0.25, 0.3) is 0 Å². The number of rotatable bonds is 3. The average molecular weight is 536 g/mol. The molecule has 0 unspecified atom stereocenters. The van der Waals surface area contributed by atoms with Crippen molar-refractivity contribution >= 4 is 32.6 Å². The van der Waals surface area contributed by atoms with Crippen molar-refractivity contribution in [3.05, 3.63) is 152 Å². The lowest BCUT2D eigenvalue weighted by Crippen LogP contribution is -1.97. The molecule has 0 aliphatic carbocycles. The van der Waals surface area contributed by atoms with Crippen molar-refractivity contribution in [2.75, 3.05) is 0 Å². The van der Waals surface area contributed by atoms with Gasteiger partial charge < -0.3 is 9.30 Å². The van der Waals surface area contributed by atoms with Crippen molar-refractivity contribution in [3.63, 3.8) is 0 Å². The molecule has 7 aromatic carbocycles. The summed E-state index contributed by atoms with van der Waals surface area (Å²) in [6, 6.07) is 54.3. The minimum atomic E-state index is 0.906. The van der Waals surface area contributed by atoms with Crippen molar-refractivity contribution in [1.29, 1.82) is 0 Å². The molecule has 0 saturated heterocycles. The average Bonchev–Trinajstić information content (AvgIpc) is 3.40. The van der Waals surface area contributed by atoms with Gasteiger partial charge in [-0.1, -0.05) is 109 Å². The highest BCUT2D eigenvalue weighted by molar-refractivity contribution is 6.15. The van der Waals surface area contributed by atoms with E-state index in [1.807, 2.05) is 0 Å². The zero-order valence-electron chi connectivity index (χ0n) is 22.8. The first kappa shape index (κ1) is 23.1. The molecule has 0 spiro atoms. The SMILES string of the molecule is c1ccc(-n2c3ccccc3c3c(-c4ccc(-c5ccc6c(c5)-c5cccc7cccc(c57)O6)cc4)cccc32)cc1. The van der Waals surface area contributed by atoms with E-state index in [1.165, 1.54) is 66.1 Å². The Morgan fingerprint density at radius 2 is 1.10 bits per heavy atom. The molecule has 0 bridgehead atoms. The van der Waals surface area contributed by atoms with Crippen LogP contribution in [0.4, 0.5) is 0 Å². The van der Waals surface area contributed by atoms with Crippen molar-refractivity contribution in [2.45, 2.75) is 0 Å². The summed E-state index contributed by atoms with van der Waals surface area (Å²) in [7, 11) is 0. The lowest BCUT2D eigenvalue weighted by molar-refractivity contribution is 0.487. The van der Waals surface area contributed by atoms with Gasteiger partial charge in [0.05, 0.1) is 11.0 Å². The Morgan fingerprint density at radius 3 is 1.98 bits per heavy atom. The highest BCUT2D eigenvalue weighted by Crippen LogP contribution is 2.47. The summed E-state index contributed by atoms with van der Waals surface area (Å²) in [6.07, 6.45) is 0. The van der Waals surface area contributed by atoms with E-state index in [0.29, 0.717) is 0 Å². The minimum Gasteiger partial charge on any atom is -0.456 e. The van der Waals surface area contributed by atoms with Gasteiger partial charge in [0, 0.05) is 27.4 Å². The maximum Gasteiger partial charge on any atom is 0.135 e. The molecule has 0 radical (unpaired) electrons. The van der Waals surface area contributed by atoms with Crippen LogP contribution < -0.4 is 4.74 Å². The zero-order valence-corrected chi connectivity index (χ0v) is 22.8. The predicted octanol–water partition coefficient (Wildman–Crippen LogP) is 11.0. The second kappa shape index (κ2) is 8.95. The third-order valence-electron chi connectivity index (χ3n) is 8.60. The van der Waals surface area contributed by atoms with Crippen LogP contribution in [-0.4, -0.2) is 4.57 Å². The smallest absolute Gasteiger partial charge is 0.135 e. The number of benzene rings is 7. The van der Waals surface area contributed by atoms with E-state index < -0.39 is 0 Å². The summed E-state index contributed by atoms with van der Waals surface area (Å²) in [6.45, 7) is 0. The molecular formula is C40H25NO. The fourth-order valence-corrected chi connectivity index (χ4v) is 6.70. The molecule has 2 heteroatoms. The van der Waals surface area contributed by atoms with Gasteiger partial charge in [-0.15, -0.1) is 0 Å². The quantitative estimate of drug-likeness (QED) is 0.219. The second-order valence-electron chi connectivity index (χ2n) is 10.9. The van der Waals surface area contributed by atoms with E-state index in [2.05, 4.69) is 156 Å². The maximum atomic E-state index is 6.33. The highest BCUT2D eigenvalue weighted by Gasteiger charge is 2.20. The van der Waals surface area contributed by atoms with Crippen LogP contribution in [0.2, 0.25) is 0 Å². The molecule has 0 saturated carbocycles. The summed E-state index contributed by atoms with van der Waals surface area (Å²) in [5, 5.41) is 4.93. The van der Waals surface area contributed by atoms with E-state index in [-0.39, 0.29) is 0 Å². The zero-order chi connectivity index (χ0) is 27.6. The summed E-state index contributed by atoms with van der Waals surface area (Å²) in [5.41, 5.74) is 10.8. The topological polar surface area (TPSA) is 14.2 Å². The van der Waals surface area contributed by atoms with Gasteiger partial charge in [-0.3, -0.25) is 0 Å². The fourth-order valence-electron chi connectivity index (χ4n) is 6.70. The Labute approximate surface area is 243 Å². The van der Waals surface area contributed by atoms with Crippen LogP contribution in [0.5, 0.6) is 11.5 Å². The van der Waals surface area contributed by atoms with Crippen LogP contribution in [0.25, 0.3) is 71.6 Å². The molecule has 1 aliphatic rings. The molecule has 1 aromatic heterocycles. The first-order chi connectivity index (χ1) is 20.8. The largest absolute Gasteiger partial charge is 0.456 e.